The molecule has 3 nitrogen and oxygen atoms in total. The summed E-state index contributed by atoms with van der Waals surface area (Å²) in [6.45, 7) is 5.22. The second kappa shape index (κ2) is 3.15. The average molecular weight is 184 g/mol. The van der Waals surface area contributed by atoms with E-state index in [0.29, 0.717) is 5.66 Å². The fourth-order valence-corrected chi connectivity index (χ4v) is 3.15. The highest BCUT2D eigenvalue weighted by Gasteiger charge is 2.23. The lowest BCUT2D eigenvalue weighted by Gasteiger charge is -2.27. The molecule has 0 bridgehead atoms. The van der Waals surface area contributed by atoms with Crippen molar-refractivity contribution in [2.45, 2.75) is 25.9 Å². The van der Waals surface area contributed by atoms with Crippen molar-refractivity contribution in [3.05, 3.63) is 18.2 Å². The first kappa shape index (κ1) is 8.21. The third kappa shape index (κ3) is 1.27. The molecule has 1 aliphatic heterocycles. The minimum absolute atomic E-state index is 0.455. The largest absolute Gasteiger partial charge is 0.338 e. The van der Waals surface area contributed by atoms with Crippen molar-refractivity contribution in [3.8, 4) is 0 Å². The van der Waals surface area contributed by atoms with E-state index >= 15 is 0 Å². The van der Waals surface area contributed by atoms with E-state index in [1.54, 1.807) is 0 Å². The summed E-state index contributed by atoms with van der Waals surface area (Å²) < 4.78 is 7.91. The van der Waals surface area contributed by atoms with Crippen LogP contribution in [0.4, 0.5) is 0 Å². The third-order valence-electron chi connectivity index (χ3n) is 1.90. The van der Waals surface area contributed by atoms with Crippen LogP contribution in [0.1, 0.15) is 19.7 Å². The van der Waals surface area contributed by atoms with Gasteiger partial charge in [-0.1, -0.05) is 13.8 Å². The monoisotopic (exact) mass is 184 g/mol. The third-order valence-corrected chi connectivity index (χ3v) is 4.02. The highest BCUT2D eigenvalue weighted by atomic mass is 31.2. The summed E-state index contributed by atoms with van der Waals surface area (Å²) >= 11 is 0. The van der Waals surface area contributed by atoms with Crippen LogP contribution >= 0.6 is 8.30 Å². The number of fused-ring (bicyclic) bond motifs is 1. The summed E-state index contributed by atoms with van der Waals surface area (Å²) in [5.74, 6) is 1.18. The van der Waals surface area contributed by atoms with Crippen LogP contribution in [-0.2, 0) is 10.9 Å². The van der Waals surface area contributed by atoms with E-state index in [9.17, 15) is 0 Å². The maximum atomic E-state index is 5.71. The Hall–Kier alpha value is -0.400. The molecule has 1 aliphatic rings. The Morgan fingerprint density at radius 2 is 2.50 bits per heavy atom. The van der Waals surface area contributed by atoms with E-state index < -0.39 is 8.30 Å². The van der Waals surface area contributed by atoms with Crippen LogP contribution in [-0.4, -0.2) is 21.6 Å². The zero-order chi connectivity index (χ0) is 8.55. The van der Waals surface area contributed by atoms with Gasteiger partial charge in [-0.15, -0.1) is 0 Å². The smallest absolute Gasteiger partial charge is 0.140 e. The van der Waals surface area contributed by atoms with E-state index in [0.717, 1.165) is 13.0 Å². The lowest BCUT2D eigenvalue weighted by molar-refractivity contribution is 0.328. The summed E-state index contributed by atoms with van der Waals surface area (Å²) in [6.07, 6.45) is 4.85. The first-order chi connectivity index (χ1) is 5.79. The fourth-order valence-electron chi connectivity index (χ4n) is 1.38. The van der Waals surface area contributed by atoms with E-state index in [2.05, 4.69) is 23.2 Å². The molecule has 0 saturated heterocycles. The second-order valence-corrected chi connectivity index (χ2v) is 5.49. The van der Waals surface area contributed by atoms with Gasteiger partial charge in [-0.2, -0.15) is 0 Å². The Labute approximate surface area is 73.6 Å². The molecule has 66 valence electrons. The molecule has 0 fully saturated rings. The maximum Gasteiger partial charge on any atom is 0.140 e. The number of aromatic nitrogens is 2. The SMILES string of the molecule is CC(C)P1OCCc2nccn21. The van der Waals surface area contributed by atoms with Crippen molar-refractivity contribution >= 4 is 8.30 Å². The molecule has 0 saturated carbocycles. The van der Waals surface area contributed by atoms with E-state index in [1.165, 1.54) is 5.82 Å². The number of imidazole rings is 1. The Balaban J connectivity index is 2.31. The van der Waals surface area contributed by atoms with Gasteiger partial charge in [0.15, 0.2) is 0 Å². The number of rotatable bonds is 1. The van der Waals surface area contributed by atoms with Crippen molar-refractivity contribution in [3.63, 3.8) is 0 Å². The number of nitrogens with zero attached hydrogens (tertiary/aromatic N) is 2. The van der Waals surface area contributed by atoms with Gasteiger partial charge in [-0.25, -0.2) is 4.98 Å². The van der Waals surface area contributed by atoms with Crippen molar-refractivity contribution in [1.82, 2.24) is 9.32 Å². The van der Waals surface area contributed by atoms with Crippen LogP contribution in [0.5, 0.6) is 0 Å². The molecular formula is C8H13N2OP. The second-order valence-electron chi connectivity index (χ2n) is 3.17. The molecule has 0 radical (unpaired) electrons. The van der Waals surface area contributed by atoms with E-state index in [-0.39, 0.29) is 0 Å². The van der Waals surface area contributed by atoms with Gasteiger partial charge in [0.2, 0.25) is 0 Å². The molecule has 2 heterocycles. The molecule has 1 unspecified atom stereocenters. The molecule has 0 N–H and O–H groups in total. The van der Waals surface area contributed by atoms with Crippen molar-refractivity contribution < 1.29 is 4.52 Å². The van der Waals surface area contributed by atoms with Gasteiger partial charge in [0.05, 0.1) is 6.61 Å². The molecule has 0 amide bonds. The molecule has 0 aromatic carbocycles. The van der Waals surface area contributed by atoms with Gasteiger partial charge in [0.1, 0.15) is 14.1 Å². The van der Waals surface area contributed by atoms with E-state index in [1.807, 2.05) is 12.4 Å². The van der Waals surface area contributed by atoms with Crippen LogP contribution in [0.2, 0.25) is 0 Å². The van der Waals surface area contributed by atoms with Gasteiger partial charge in [0.25, 0.3) is 0 Å². The fraction of sp³-hybridized carbons (Fsp3) is 0.625. The Morgan fingerprint density at radius 3 is 3.25 bits per heavy atom. The van der Waals surface area contributed by atoms with Gasteiger partial charge < -0.3 is 4.52 Å². The highest BCUT2D eigenvalue weighted by molar-refractivity contribution is 7.51. The lowest BCUT2D eigenvalue weighted by Crippen LogP contribution is -2.15. The highest BCUT2D eigenvalue weighted by Crippen LogP contribution is 2.46. The zero-order valence-electron chi connectivity index (χ0n) is 7.40. The predicted octanol–water partition coefficient (Wildman–Crippen LogP) is 2.02. The lowest BCUT2D eigenvalue weighted by atomic mass is 10.4. The minimum atomic E-state index is -0.455. The molecule has 4 heteroatoms. The zero-order valence-corrected chi connectivity index (χ0v) is 8.29. The quantitative estimate of drug-likeness (QED) is 0.624. The minimum Gasteiger partial charge on any atom is -0.338 e. The Kier molecular flexibility index (Phi) is 2.16. The van der Waals surface area contributed by atoms with E-state index in [4.69, 9.17) is 4.52 Å². The van der Waals surface area contributed by atoms with Crippen LogP contribution in [0.25, 0.3) is 0 Å². The van der Waals surface area contributed by atoms with Gasteiger partial charge in [-0.05, 0) is 0 Å². The summed E-state index contributed by atoms with van der Waals surface area (Å²) in [7, 11) is -0.455. The van der Waals surface area contributed by atoms with Gasteiger partial charge in [0, 0.05) is 24.5 Å². The van der Waals surface area contributed by atoms with Crippen molar-refractivity contribution in [2.75, 3.05) is 6.61 Å². The van der Waals surface area contributed by atoms with Crippen molar-refractivity contribution in [2.24, 2.45) is 0 Å². The predicted molar refractivity (Wildman–Crippen MR) is 49.3 cm³/mol. The Morgan fingerprint density at radius 1 is 1.67 bits per heavy atom. The summed E-state index contributed by atoms with van der Waals surface area (Å²) in [4.78, 5) is 4.29. The normalized spacial score (nSPS) is 22.8. The number of hydrogen-bond acceptors (Lipinski definition) is 2. The summed E-state index contributed by atoms with van der Waals surface area (Å²) in [5.41, 5.74) is 0.577. The van der Waals surface area contributed by atoms with Gasteiger partial charge >= 0.3 is 0 Å². The standard InChI is InChI=1S/C8H13N2OP/c1-7(2)12-10-5-4-9-8(10)3-6-11-12/h4-5,7H,3,6H2,1-2H3. The average Bonchev–Trinajstić information content (AvgIpc) is 2.49. The Bertz CT molecular complexity index is 272. The maximum absolute atomic E-state index is 5.71. The van der Waals surface area contributed by atoms with Crippen LogP contribution in [0.15, 0.2) is 12.4 Å². The van der Waals surface area contributed by atoms with Crippen LogP contribution < -0.4 is 0 Å². The van der Waals surface area contributed by atoms with Crippen LogP contribution in [0.3, 0.4) is 0 Å². The number of hydrogen-bond donors (Lipinski definition) is 0. The van der Waals surface area contributed by atoms with Gasteiger partial charge in [-0.3, -0.25) is 4.34 Å². The summed E-state index contributed by atoms with van der Waals surface area (Å²) in [5, 5.41) is 0. The first-order valence-corrected chi connectivity index (χ1v) is 5.52. The van der Waals surface area contributed by atoms with Crippen LogP contribution in [0, 0.1) is 0 Å². The summed E-state index contributed by atoms with van der Waals surface area (Å²) in [6, 6.07) is 0. The molecule has 1 aromatic heterocycles. The first-order valence-electron chi connectivity index (χ1n) is 4.23. The molecule has 2 rings (SSSR count). The molecule has 1 atom stereocenters. The molecular weight excluding hydrogens is 171 g/mol. The molecule has 0 aliphatic carbocycles. The molecule has 12 heavy (non-hydrogen) atoms. The van der Waals surface area contributed by atoms with Crippen molar-refractivity contribution in [1.29, 1.82) is 0 Å². The molecule has 1 aromatic rings. The topological polar surface area (TPSA) is 27.1 Å². The molecule has 0 spiro atoms.